The van der Waals surface area contributed by atoms with Crippen LogP contribution >= 0.6 is 0 Å². The molecule has 0 radical (unpaired) electrons. The zero-order valence-electron chi connectivity index (χ0n) is 25.3. The first kappa shape index (κ1) is 30.9. The number of epoxide rings is 2. The average molecular weight is 627 g/mol. The van der Waals surface area contributed by atoms with E-state index in [2.05, 4.69) is 0 Å². The number of esters is 2. The maximum absolute atomic E-state index is 12.5. The Labute approximate surface area is 266 Å². The SMILES string of the molecule is CC(COc1ccc(OC(=O)c2ccc(OCC3CO3)cc2)cc1)COc1ccc(OC(=O)c2ccc(OCC3CO3)cc2)cc1. The molecule has 2 heterocycles. The summed E-state index contributed by atoms with van der Waals surface area (Å²) in [4.78, 5) is 25.0. The Morgan fingerprint density at radius 3 is 1.20 bits per heavy atom. The summed E-state index contributed by atoms with van der Waals surface area (Å²) < 4.78 is 44.2. The van der Waals surface area contributed by atoms with Crippen LogP contribution in [0.15, 0.2) is 97.1 Å². The van der Waals surface area contributed by atoms with Gasteiger partial charge in [-0.25, -0.2) is 9.59 Å². The van der Waals surface area contributed by atoms with Crippen molar-refractivity contribution in [1.29, 1.82) is 0 Å². The van der Waals surface area contributed by atoms with Crippen LogP contribution in [0.4, 0.5) is 0 Å². The second kappa shape index (κ2) is 14.8. The lowest BCUT2D eigenvalue weighted by atomic mass is 10.2. The van der Waals surface area contributed by atoms with Gasteiger partial charge in [0.2, 0.25) is 0 Å². The highest BCUT2D eigenvalue weighted by atomic mass is 16.6. The monoisotopic (exact) mass is 626 g/mol. The molecule has 0 aliphatic carbocycles. The minimum atomic E-state index is -0.460. The molecule has 2 saturated heterocycles. The molecule has 10 heteroatoms. The Kier molecular flexibility index (Phi) is 9.97. The molecule has 10 nitrogen and oxygen atoms in total. The average Bonchev–Trinajstić information content (AvgIpc) is 4.02. The topological polar surface area (TPSA) is 115 Å². The van der Waals surface area contributed by atoms with Gasteiger partial charge >= 0.3 is 11.9 Å². The second-order valence-electron chi connectivity index (χ2n) is 11.0. The van der Waals surface area contributed by atoms with Gasteiger partial charge in [-0.15, -0.1) is 0 Å². The van der Waals surface area contributed by atoms with Gasteiger partial charge in [-0.3, -0.25) is 0 Å². The summed E-state index contributed by atoms with van der Waals surface area (Å²) in [6, 6.07) is 27.3. The van der Waals surface area contributed by atoms with Crippen molar-refractivity contribution in [2.75, 3.05) is 39.6 Å². The van der Waals surface area contributed by atoms with Gasteiger partial charge in [0.25, 0.3) is 0 Å². The quantitative estimate of drug-likeness (QED) is 0.0862. The lowest BCUT2D eigenvalue weighted by Gasteiger charge is -2.15. The number of hydrogen-bond donors (Lipinski definition) is 0. The Hall–Kier alpha value is -5.06. The van der Waals surface area contributed by atoms with Gasteiger partial charge in [0.1, 0.15) is 59.9 Å². The van der Waals surface area contributed by atoms with Crippen LogP contribution in [-0.2, 0) is 9.47 Å². The molecule has 2 fully saturated rings. The van der Waals surface area contributed by atoms with Crippen molar-refractivity contribution >= 4 is 11.9 Å². The first-order valence-corrected chi connectivity index (χ1v) is 15.1. The van der Waals surface area contributed by atoms with Crippen molar-refractivity contribution in [1.82, 2.24) is 0 Å². The van der Waals surface area contributed by atoms with Gasteiger partial charge in [-0.2, -0.15) is 0 Å². The third-order valence-electron chi connectivity index (χ3n) is 6.99. The third kappa shape index (κ3) is 9.47. The largest absolute Gasteiger partial charge is 0.493 e. The Morgan fingerprint density at radius 1 is 0.543 bits per heavy atom. The Bertz CT molecular complexity index is 1460. The van der Waals surface area contributed by atoms with Crippen LogP contribution in [0.2, 0.25) is 0 Å². The lowest BCUT2D eigenvalue weighted by Crippen LogP contribution is -2.16. The van der Waals surface area contributed by atoms with Crippen LogP contribution in [0.25, 0.3) is 0 Å². The van der Waals surface area contributed by atoms with E-state index in [4.69, 9.17) is 37.9 Å². The number of carbonyl (C=O) groups is 2. The highest BCUT2D eigenvalue weighted by molar-refractivity contribution is 5.91. The van der Waals surface area contributed by atoms with Gasteiger partial charge in [0.05, 0.1) is 37.6 Å². The summed E-state index contributed by atoms with van der Waals surface area (Å²) in [6.45, 7) is 5.32. The van der Waals surface area contributed by atoms with Gasteiger partial charge in [0.15, 0.2) is 0 Å². The molecular weight excluding hydrogens is 592 g/mol. The predicted octanol–water partition coefficient (Wildman–Crippen LogP) is 5.77. The van der Waals surface area contributed by atoms with Gasteiger partial charge in [-0.1, -0.05) is 6.92 Å². The van der Waals surface area contributed by atoms with E-state index >= 15 is 0 Å². The van der Waals surface area contributed by atoms with Crippen molar-refractivity contribution in [2.24, 2.45) is 5.92 Å². The minimum absolute atomic E-state index is 0.0857. The van der Waals surface area contributed by atoms with Crippen molar-refractivity contribution in [3.05, 3.63) is 108 Å². The van der Waals surface area contributed by atoms with Crippen LogP contribution in [-0.4, -0.2) is 63.8 Å². The highest BCUT2D eigenvalue weighted by Crippen LogP contribution is 2.23. The molecule has 0 spiro atoms. The molecule has 6 rings (SSSR count). The summed E-state index contributed by atoms with van der Waals surface area (Å²) in [6.07, 6.45) is 0.338. The Morgan fingerprint density at radius 2 is 0.848 bits per heavy atom. The van der Waals surface area contributed by atoms with Crippen LogP contribution in [0.5, 0.6) is 34.5 Å². The number of ether oxygens (including phenoxy) is 8. The molecular formula is C36H34O10. The molecule has 4 aromatic rings. The molecule has 238 valence electrons. The van der Waals surface area contributed by atoms with Gasteiger partial charge < -0.3 is 37.9 Å². The molecule has 4 aromatic carbocycles. The van der Waals surface area contributed by atoms with E-state index in [1.807, 2.05) is 6.92 Å². The van der Waals surface area contributed by atoms with E-state index in [9.17, 15) is 9.59 Å². The van der Waals surface area contributed by atoms with Gasteiger partial charge in [0, 0.05) is 5.92 Å². The van der Waals surface area contributed by atoms with Crippen LogP contribution in [0, 0.1) is 5.92 Å². The third-order valence-corrected chi connectivity index (χ3v) is 6.99. The molecule has 2 aliphatic rings. The smallest absolute Gasteiger partial charge is 0.343 e. The summed E-state index contributed by atoms with van der Waals surface area (Å²) in [5, 5.41) is 0. The first-order valence-electron chi connectivity index (χ1n) is 15.1. The second-order valence-corrected chi connectivity index (χ2v) is 11.0. The van der Waals surface area contributed by atoms with E-state index in [0.29, 0.717) is 72.1 Å². The van der Waals surface area contributed by atoms with Crippen LogP contribution < -0.4 is 28.4 Å². The molecule has 46 heavy (non-hydrogen) atoms. The summed E-state index contributed by atoms with van der Waals surface area (Å²) in [5.74, 6) is 2.64. The standard InChI is InChI=1S/C36H34O10/c1-24(18-39-29-10-14-31(15-11-29)45-35(37)25-2-6-27(7-3-25)41-20-33-22-43-33)19-40-30-12-16-32(17-13-30)46-36(38)26-4-8-28(9-5-26)42-21-34-23-44-34/h2-17,24,33-34H,18-23H2,1H3. The van der Waals surface area contributed by atoms with Crippen molar-refractivity contribution in [3.8, 4) is 34.5 Å². The predicted molar refractivity (Wildman–Crippen MR) is 166 cm³/mol. The zero-order chi connectivity index (χ0) is 31.7. The van der Waals surface area contributed by atoms with E-state index in [0.717, 1.165) is 13.2 Å². The molecule has 0 aromatic heterocycles. The van der Waals surface area contributed by atoms with Crippen molar-refractivity contribution in [3.63, 3.8) is 0 Å². The van der Waals surface area contributed by atoms with E-state index in [1.165, 1.54) is 0 Å². The van der Waals surface area contributed by atoms with Crippen molar-refractivity contribution in [2.45, 2.75) is 19.1 Å². The summed E-state index contributed by atoms with van der Waals surface area (Å²) in [7, 11) is 0. The van der Waals surface area contributed by atoms with Crippen LogP contribution in [0.1, 0.15) is 27.6 Å². The minimum Gasteiger partial charge on any atom is -0.493 e. The highest BCUT2D eigenvalue weighted by Gasteiger charge is 2.24. The number of rotatable bonds is 16. The maximum Gasteiger partial charge on any atom is 0.343 e. The van der Waals surface area contributed by atoms with Crippen molar-refractivity contribution < 1.29 is 47.5 Å². The van der Waals surface area contributed by atoms with E-state index in [-0.39, 0.29) is 18.1 Å². The molecule has 2 aliphatic heterocycles. The molecule has 0 bridgehead atoms. The maximum atomic E-state index is 12.5. The van der Waals surface area contributed by atoms with E-state index in [1.54, 1.807) is 97.1 Å². The number of hydrogen-bond acceptors (Lipinski definition) is 10. The fraction of sp³-hybridized carbons (Fsp3) is 0.278. The fourth-order valence-corrected chi connectivity index (χ4v) is 4.15. The Balaban J connectivity index is 0.881. The fourth-order valence-electron chi connectivity index (χ4n) is 4.15. The molecule has 2 unspecified atom stereocenters. The number of carbonyl (C=O) groups excluding carboxylic acids is 2. The van der Waals surface area contributed by atoms with Gasteiger partial charge in [-0.05, 0) is 97.1 Å². The molecule has 0 saturated carbocycles. The summed E-state index contributed by atoms with van der Waals surface area (Å²) in [5.41, 5.74) is 0.847. The normalized spacial score (nSPS) is 16.9. The van der Waals surface area contributed by atoms with E-state index < -0.39 is 11.9 Å². The summed E-state index contributed by atoms with van der Waals surface area (Å²) >= 11 is 0. The zero-order valence-corrected chi connectivity index (χ0v) is 25.3. The molecule has 0 amide bonds. The molecule has 2 atom stereocenters. The van der Waals surface area contributed by atoms with Crippen LogP contribution in [0.3, 0.4) is 0 Å². The molecule has 0 N–H and O–H groups in total. The lowest BCUT2D eigenvalue weighted by molar-refractivity contribution is 0.0725. The number of benzene rings is 4. The first-order chi connectivity index (χ1) is 22.5.